The number of nitrogens with two attached hydrogens (primary N) is 1. The second-order valence-electron chi connectivity index (χ2n) is 8.78. The minimum absolute atomic E-state index is 0.0759. The fourth-order valence-electron chi connectivity index (χ4n) is 3.87. The van der Waals surface area contributed by atoms with Gasteiger partial charge < -0.3 is 20.5 Å². The Bertz CT molecular complexity index is 1610. The molecule has 0 saturated heterocycles. The zero-order valence-electron chi connectivity index (χ0n) is 22.7. The van der Waals surface area contributed by atoms with Crippen LogP contribution in [0.1, 0.15) is 30.2 Å². The lowest BCUT2D eigenvalue weighted by molar-refractivity contribution is -0.142. The van der Waals surface area contributed by atoms with E-state index < -0.39 is 5.97 Å². The van der Waals surface area contributed by atoms with Crippen molar-refractivity contribution in [1.29, 1.82) is 10.5 Å². The van der Waals surface area contributed by atoms with Gasteiger partial charge in [0.2, 0.25) is 0 Å². The summed E-state index contributed by atoms with van der Waals surface area (Å²) in [5.41, 5.74) is 8.85. The molecule has 42 heavy (non-hydrogen) atoms. The van der Waals surface area contributed by atoms with Gasteiger partial charge in [0.25, 0.3) is 0 Å². The molecule has 0 spiro atoms. The van der Waals surface area contributed by atoms with Crippen LogP contribution in [0.5, 0.6) is 5.75 Å². The highest BCUT2D eigenvalue weighted by Gasteiger charge is 2.22. The maximum Gasteiger partial charge on any atom is 0.319 e. The highest BCUT2D eigenvalue weighted by molar-refractivity contribution is 7.98. The number of halogens is 1. The molecule has 0 unspecified atom stereocenters. The maximum atomic E-state index is 11.2. The fraction of sp³-hybridized carbons (Fsp3) is 0.233. The molecule has 0 fully saturated rings. The van der Waals surface area contributed by atoms with Crippen molar-refractivity contribution in [2.45, 2.75) is 24.1 Å². The Labute approximate surface area is 257 Å². The number of pyridine rings is 1. The van der Waals surface area contributed by atoms with Crippen molar-refractivity contribution < 1.29 is 14.3 Å². The molecule has 4 rings (SSSR count). The molecule has 0 aliphatic rings. The van der Waals surface area contributed by atoms with Gasteiger partial charge in [0, 0.05) is 33.8 Å². The number of anilines is 1. The van der Waals surface area contributed by atoms with Gasteiger partial charge in [-0.05, 0) is 36.2 Å². The number of nitriles is 2. The lowest BCUT2D eigenvalue weighted by Crippen LogP contribution is -2.19. The number of nitrogens with one attached hydrogen (secondary N) is 1. The summed E-state index contributed by atoms with van der Waals surface area (Å²) in [5, 5.41) is 27.7. The molecular formula is C30H27ClN6O3S2. The summed E-state index contributed by atoms with van der Waals surface area (Å²) in [6.07, 6.45) is 0.837. The number of aromatic nitrogens is 2. The quantitative estimate of drug-likeness (QED) is 0.0998. The summed E-state index contributed by atoms with van der Waals surface area (Å²) < 4.78 is 10.6. The molecule has 3 N–H and O–H groups in total. The molecule has 9 nitrogen and oxygen atoms in total. The minimum atomic E-state index is -0.502. The number of rotatable bonds is 13. The SMILES string of the molecule is CCCNc1nc(SCc2csc(-c3ccc(Cl)cc3)n2)c(C#N)c(-c2ccc(OCCOC(=O)CN)cc2)c1C#N. The number of carbonyl (C=O) groups excluding carboxylic acids is 1. The summed E-state index contributed by atoms with van der Waals surface area (Å²) in [5.74, 6) is 0.967. The predicted molar refractivity (Wildman–Crippen MR) is 166 cm³/mol. The second-order valence-corrected chi connectivity index (χ2v) is 11.0. The van der Waals surface area contributed by atoms with Gasteiger partial charge in [-0.1, -0.05) is 54.6 Å². The van der Waals surface area contributed by atoms with Crippen LogP contribution in [0.2, 0.25) is 5.02 Å². The van der Waals surface area contributed by atoms with E-state index in [9.17, 15) is 15.3 Å². The van der Waals surface area contributed by atoms with E-state index in [2.05, 4.69) is 17.5 Å². The lowest BCUT2D eigenvalue weighted by Gasteiger charge is -2.16. The first kappa shape index (κ1) is 30.8. The molecule has 0 radical (unpaired) electrons. The first-order valence-electron chi connectivity index (χ1n) is 13.0. The van der Waals surface area contributed by atoms with Crippen LogP contribution in [0.3, 0.4) is 0 Å². The summed E-state index contributed by atoms with van der Waals surface area (Å²) >= 11 is 8.95. The van der Waals surface area contributed by atoms with E-state index in [0.29, 0.717) is 56.2 Å². The van der Waals surface area contributed by atoms with E-state index in [1.807, 2.05) is 36.6 Å². The van der Waals surface area contributed by atoms with Gasteiger partial charge in [0.15, 0.2) is 0 Å². The lowest BCUT2D eigenvalue weighted by atomic mass is 9.96. The first-order valence-corrected chi connectivity index (χ1v) is 15.3. The van der Waals surface area contributed by atoms with Crippen molar-refractivity contribution in [2.24, 2.45) is 5.73 Å². The molecule has 0 aliphatic carbocycles. The smallest absolute Gasteiger partial charge is 0.319 e. The molecule has 0 aliphatic heterocycles. The number of benzene rings is 2. The molecule has 2 heterocycles. The van der Waals surface area contributed by atoms with Gasteiger partial charge in [-0.15, -0.1) is 11.3 Å². The number of ether oxygens (including phenoxy) is 2. The van der Waals surface area contributed by atoms with Crippen molar-refractivity contribution in [1.82, 2.24) is 9.97 Å². The Balaban J connectivity index is 1.61. The van der Waals surface area contributed by atoms with Crippen molar-refractivity contribution in [3.05, 3.63) is 75.8 Å². The van der Waals surface area contributed by atoms with E-state index in [-0.39, 0.29) is 19.8 Å². The Hall–Kier alpha value is -4.13. The Kier molecular flexibility index (Phi) is 11.2. The van der Waals surface area contributed by atoms with Gasteiger partial charge in [0.1, 0.15) is 52.5 Å². The van der Waals surface area contributed by atoms with E-state index in [0.717, 1.165) is 22.7 Å². The summed E-state index contributed by atoms with van der Waals surface area (Å²) in [7, 11) is 0. The number of nitrogens with zero attached hydrogens (tertiary/aromatic N) is 4. The van der Waals surface area contributed by atoms with Crippen LogP contribution in [0.15, 0.2) is 58.9 Å². The van der Waals surface area contributed by atoms with E-state index >= 15 is 0 Å². The van der Waals surface area contributed by atoms with Crippen LogP contribution in [-0.2, 0) is 15.3 Å². The van der Waals surface area contributed by atoms with Crippen molar-refractivity contribution in [3.63, 3.8) is 0 Å². The van der Waals surface area contributed by atoms with Crippen molar-refractivity contribution in [3.8, 4) is 39.6 Å². The third-order valence-corrected chi connectivity index (χ3v) is 8.06. The molecule has 4 aromatic rings. The molecule has 214 valence electrons. The normalized spacial score (nSPS) is 10.5. The van der Waals surface area contributed by atoms with E-state index in [1.165, 1.54) is 23.1 Å². The molecular weight excluding hydrogens is 592 g/mol. The Morgan fingerprint density at radius 1 is 1.05 bits per heavy atom. The minimum Gasteiger partial charge on any atom is -0.490 e. The number of hydrogen-bond donors (Lipinski definition) is 2. The van der Waals surface area contributed by atoms with E-state index in [4.69, 9.17) is 36.8 Å². The van der Waals surface area contributed by atoms with Crippen molar-refractivity contribution >= 4 is 46.5 Å². The third-order valence-electron chi connectivity index (χ3n) is 5.85. The monoisotopic (exact) mass is 618 g/mol. The zero-order valence-corrected chi connectivity index (χ0v) is 25.1. The van der Waals surface area contributed by atoms with E-state index in [1.54, 1.807) is 24.3 Å². The van der Waals surface area contributed by atoms with Crippen LogP contribution in [-0.4, -0.2) is 42.2 Å². The largest absolute Gasteiger partial charge is 0.490 e. The number of esters is 1. The molecule has 2 aromatic heterocycles. The van der Waals surface area contributed by atoms with Crippen LogP contribution in [0, 0.1) is 22.7 Å². The topological polar surface area (TPSA) is 147 Å². The van der Waals surface area contributed by atoms with Gasteiger partial charge in [-0.25, -0.2) is 9.97 Å². The van der Waals surface area contributed by atoms with Gasteiger partial charge in [0.05, 0.1) is 17.8 Å². The van der Waals surface area contributed by atoms with Crippen molar-refractivity contribution in [2.75, 3.05) is 31.6 Å². The van der Waals surface area contributed by atoms with Crippen LogP contribution >= 0.6 is 34.7 Å². The van der Waals surface area contributed by atoms with Gasteiger partial charge in [-0.2, -0.15) is 10.5 Å². The highest BCUT2D eigenvalue weighted by atomic mass is 35.5. The zero-order chi connectivity index (χ0) is 29.9. The molecule has 0 bridgehead atoms. The summed E-state index contributed by atoms with van der Waals surface area (Å²) in [4.78, 5) is 20.6. The van der Waals surface area contributed by atoms with Gasteiger partial charge >= 0.3 is 5.97 Å². The summed E-state index contributed by atoms with van der Waals surface area (Å²) in [6.45, 7) is 2.69. The maximum absolute atomic E-state index is 11.2. The van der Waals surface area contributed by atoms with Crippen LogP contribution in [0.4, 0.5) is 5.82 Å². The summed E-state index contributed by atoms with van der Waals surface area (Å²) in [6, 6.07) is 19.1. The predicted octanol–water partition coefficient (Wildman–Crippen LogP) is 6.26. The first-order chi connectivity index (χ1) is 20.5. The molecule has 0 saturated carbocycles. The molecule has 12 heteroatoms. The average molecular weight is 619 g/mol. The highest BCUT2D eigenvalue weighted by Crippen LogP contribution is 2.38. The van der Waals surface area contributed by atoms with Crippen LogP contribution in [0.25, 0.3) is 21.7 Å². The Morgan fingerprint density at radius 2 is 1.76 bits per heavy atom. The second kappa shape index (κ2) is 15.2. The third kappa shape index (κ3) is 7.78. The molecule has 0 atom stereocenters. The number of thiazole rings is 1. The molecule has 0 amide bonds. The fourth-order valence-corrected chi connectivity index (χ4v) is 5.81. The number of hydrogen-bond acceptors (Lipinski definition) is 11. The Morgan fingerprint density at radius 3 is 2.43 bits per heavy atom. The standard InChI is InChI=1S/C30H27ClN6O3S2/c1-2-11-35-28-24(14-32)27(19-5-9-23(10-6-19)39-12-13-40-26(38)16-34)25(15-33)30(37-28)42-18-22-17-41-29(36-22)20-3-7-21(31)8-4-20/h3-10,17H,2,11-13,16,18,34H2,1H3,(H,35,37). The number of carbonyl (C=O) groups is 1. The molecule has 2 aromatic carbocycles. The average Bonchev–Trinajstić information content (AvgIpc) is 3.50. The van der Waals surface area contributed by atoms with Crippen LogP contribution < -0.4 is 15.8 Å². The number of thioether (sulfide) groups is 1. The van der Waals surface area contributed by atoms with Gasteiger partial charge in [-0.3, -0.25) is 4.79 Å².